The van der Waals surface area contributed by atoms with E-state index < -0.39 is 0 Å². The molecule has 1 saturated heterocycles. The number of aryl methyl sites for hydroxylation is 1. The molecule has 23 heavy (non-hydrogen) atoms. The van der Waals surface area contributed by atoms with Gasteiger partial charge in [0.25, 0.3) is 0 Å². The largest absolute Gasteiger partial charge is 0.356 e. The van der Waals surface area contributed by atoms with Gasteiger partial charge in [-0.1, -0.05) is 0 Å². The van der Waals surface area contributed by atoms with Gasteiger partial charge < -0.3 is 15.5 Å². The Bertz CT molecular complexity index is 489. The molecule has 1 aromatic heterocycles. The quantitative estimate of drug-likeness (QED) is 0.411. The first-order chi connectivity index (χ1) is 10.6. The van der Waals surface area contributed by atoms with Crippen LogP contribution in [0, 0.1) is 12.8 Å². The van der Waals surface area contributed by atoms with Crippen molar-refractivity contribution in [3.05, 3.63) is 16.1 Å². The van der Waals surface area contributed by atoms with Crippen LogP contribution in [0.15, 0.2) is 11.2 Å². The van der Waals surface area contributed by atoms with Crippen molar-refractivity contribution in [3.63, 3.8) is 0 Å². The maximum absolute atomic E-state index is 4.37. The summed E-state index contributed by atoms with van der Waals surface area (Å²) in [6.45, 7) is 10.8. The number of nitrogens with zero attached hydrogens (tertiary/aromatic N) is 3. The third-order valence-electron chi connectivity index (χ3n) is 4.14. The van der Waals surface area contributed by atoms with E-state index in [2.05, 4.69) is 46.3 Å². The number of piperidine rings is 1. The van der Waals surface area contributed by atoms with Crippen LogP contribution in [0.1, 0.15) is 36.6 Å². The molecule has 0 aromatic carbocycles. The maximum Gasteiger partial charge on any atom is 0.191 e. The number of hydrogen-bond donors (Lipinski definition) is 2. The molecule has 2 rings (SSSR count). The van der Waals surface area contributed by atoms with Gasteiger partial charge in [0.05, 0.1) is 6.54 Å². The van der Waals surface area contributed by atoms with Gasteiger partial charge in [-0.15, -0.1) is 35.3 Å². The summed E-state index contributed by atoms with van der Waals surface area (Å²) in [6, 6.07) is 0.647. The molecular formula is C16H30IN5S. The standard InChI is InChI=1S/C16H29N5S.HI/c1-12(2)21-7-5-6-14(11-21)9-19-16(17-4)20-10-15-18-8-13(3)22-15;/h8,12,14H,5-7,9-11H2,1-4H3,(H2,17,19,20);1H. The Morgan fingerprint density at radius 1 is 1.48 bits per heavy atom. The van der Waals surface area contributed by atoms with Gasteiger partial charge >= 0.3 is 0 Å². The highest BCUT2D eigenvalue weighted by Crippen LogP contribution is 2.17. The number of aromatic nitrogens is 1. The van der Waals surface area contributed by atoms with Crippen LogP contribution in [-0.2, 0) is 6.54 Å². The topological polar surface area (TPSA) is 52.6 Å². The SMILES string of the molecule is CN=C(NCc1ncc(C)s1)NCC1CCCN(C(C)C)C1.I. The van der Waals surface area contributed by atoms with E-state index in [0.717, 1.165) is 24.1 Å². The molecule has 0 amide bonds. The van der Waals surface area contributed by atoms with Crippen LogP contribution in [0.3, 0.4) is 0 Å². The summed E-state index contributed by atoms with van der Waals surface area (Å²) in [5.74, 6) is 1.58. The summed E-state index contributed by atoms with van der Waals surface area (Å²) < 4.78 is 0. The van der Waals surface area contributed by atoms with Crippen molar-refractivity contribution in [1.82, 2.24) is 20.5 Å². The molecule has 1 atom stereocenters. The molecule has 1 aromatic rings. The Morgan fingerprint density at radius 3 is 2.87 bits per heavy atom. The maximum atomic E-state index is 4.37. The van der Waals surface area contributed by atoms with E-state index in [9.17, 15) is 0 Å². The number of rotatable bonds is 5. The predicted molar refractivity (Wildman–Crippen MR) is 110 cm³/mol. The van der Waals surface area contributed by atoms with Crippen LogP contribution < -0.4 is 10.6 Å². The van der Waals surface area contributed by atoms with Gasteiger partial charge in [-0.05, 0) is 46.1 Å². The fraction of sp³-hybridized carbons (Fsp3) is 0.750. The molecule has 0 aliphatic carbocycles. The van der Waals surface area contributed by atoms with Crippen LogP contribution in [0.4, 0.5) is 0 Å². The second-order valence-corrected chi connectivity index (χ2v) is 7.59. The second kappa shape index (κ2) is 10.5. The van der Waals surface area contributed by atoms with E-state index in [1.165, 1.54) is 30.8 Å². The normalized spacial score (nSPS) is 19.5. The highest BCUT2D eigenvalue weighted by molar-refractivity contribution is 14.0. The average molecular weight is 451 g/mol. The zero-order valence-corrected chi connectivity index (χ0v) is 17.8. The Morgan fingerprint density at radius 2 is 2.26 bits per heavy atom. The zero-order valence-electron chi connectivity index (χ0n) is 14.6. The second-order valence-electron chi connectivity index (χ2n) is 6.27. The van der Waals surface area contributed by atoms with Crippen molar-refractivity contribution in [2.24, 2.45) is 10.9 Å². The molecule has 0 saturated carbocycles. The molecule has 7 heteroatoms. The Labute approximate surface area is 161 Å². The fourth-order valence-electron chi connectivity index (χ4n) is 2.84. The first kappa shape index (κ1) is 20.6. The molecule has 1 fully saturated rings. The van der Waals surface area contributed by atoms with Crippen molar-refractivity contribution >= 4 is 41.3 Å². The first-order valence-corrected chi connectivity index (χ1v) is 9.00. The van der Waals surface area contributed by atoms with Gasteiger partial charge in [-0.25, -0.2) is 4.98 Å². The Hall–Kier alpha value is -0.410. The summed E-state index contributed by atoms with van der Waals surface area (Å²) in [5.41, 5.74) is 0. The molecule has 5 nitrogen and oxygen atoms in total. The van der Waals surface area contributed by atoms with Gasteiger partial charge in [0, 0.05) is 37.3 Å². The molecule has 132 valence electrons. The molecule has 2 N–H and O–H groups in total. The molecular weight excluding hydrogens is 421 g/mol. The first-order valence-electron chi connectivity index (χ1n) is 8.18. The molecule has 1 aliphatic heterocycles. The third-order valence-corrected chi connectivity index (χ3v) is 5.05. The lowest BCUT2D eigenvalue weighted by molar-refractivity contribution is 0.141. The van der Waals surface area contributed by atoms with E-state index >= 15 is 0 Å². The van der Waals surface area contributed by atoms with Crippen LogP contribution >= 0.6 is 35.3 Å². The molecule has 0 bridgehead atoms. The lowest BCUT2D eigenvalue weighted by Gasteiger charge is -2.35. The molecule has 0 spiro atoms. The molecule has 1 unspecified atom stereocenters. The predicted octanol–water partition coefficient (Wildman–Crippen LogP) is 2.85. The fourth-order valence-corrected chi connectivity index (χ4v) is 3.56. The van der Waals surface area contributed by atoms with Crippen LogP contribution in [-0.4, -0.2) is 48.6 Å². The lowest BCUT2D eigenvalue weighted by Crippen LogP contribution is -2.45. The highest BCUT2D eigenvalue weighted by Gasteiger charge is 2.21. The lowest BCUT2D eigenvalue weighted by atomic mass is 9.97. The van der Waals surface area contributed by atoms with Crippen molar-refractivity contribution in [2.75, 3.05) is 26.7 Å². The molecule has 1 aliphatic rings. The van der Waals surface area contributed by atoms with Crippen LogP contribution in [0.25, 0.3) is 0 Å². The smallest absolute Gasteiger partial charge is 0.191 e. The third kappa shape index (κ3) is 6.93. The van der Waals surface area contributed by atoms with Crippen LogP contribution in [0.5, 0.6) is 0 Å². The molecule has 0 radical (unpaired) electrons. The average Bonchev–Trinajstić information content (AvgIpc) is 2.93. The van der Waals surface area contributed by atoms with Crippen molar-refractivity contribution in [2.45, 2.75) is 46.2 Å². The number of aliphatic imine (C=N–C) groups is 1. The van der Waals surface area contributed by atoms with Gasteiger partial charge in [0.15, 0.2) is 5.96 Å². The summed E-state index contributed by atoms with van der Waals surface area (Å²) in [7, 11) is 1.82. The van der Waals surface area contributed by atoms with Gasteiger partial charge in [-0.3, -0.25) is 4.99 Å². The van der Waals surface area contributed by atoms with Crippen molar-refractivity contribution < 1.29 is 0 Å². The summed E-state index contributed by atoms with van der Waals surface area (Å²) in [6.07, 6.45) is 4.52. The van der Waals surface area contributed by atoms with Gasteiger partial charge in [0.2, 0.25) is 0 Å². The number of thiazole rings is 1. The summed E-state index contributed by atoms with van der Waals surface area (Å²) in [4.78, 5) is 12.5. The van der Waals surface area contributed by atoms with Gasteiger partial charge in [0.1, 0.15) is 5.01 Å². The van der Waals surface area contributed by atoms with E-state index in [4.69, 9.17) is 0 Å². The minimum Gasteiger partial charge on any atom is -0.356 e. The minimum atomic E-state index is 0. The number of halogens is 1. The van der Waals surface area contributed by atoms with Crippen molar-refractivity contribution in [3.8, 4) is 0 Å². The van der Waals surface area contributed by atoms with Crippen LogP contribution in [0.2, 0.25) is 0 Å². The Kier molecular flexibility index (Phi) is 9.38. The number of guanidine groups is 1. The highest BCUT2D eigenvalue weighted by atomic mass is 127. The van der Waals surface area contributed by atoms with E-state index in [0.29, 0.717) is 12.0 Å². The number of nitrogens with one attached hydrogen (secondary N) is 2. The zero-order chi connectivity index (χ0) is 15.9. The van der Waals surface area contributed by atoms with Gasteiger partial charge in [-0.2, -0.15) is 0 Å². The van der Waals surface area contributed by atoms with E-state index in [1.807, 2.05) is 13.2 Å². The number of likely N-dealkylation sites (tertiary alicyclic amines) is 1. The number of hydrogen-bond acceptors (Lipinski definition) is 4. The monoisotopic (exact) mass is 451 g/mol. The van der Waals surface area contributed by atoms with E-state index in [1.54, 1.807) is 11.3 Å². The molecule has 2 heterocycles. The Balaban J connectivity index is 0.00000264. The summed E-state index contributed by atoms with van der Waals surface area (Å²) in [5, 5.41) is 7.91. The van der Waals surface area contributed by atoms with E-state index in [-0.39, 0.29) is 24.0 Å². The summed E-state index contributed by atoms with van der Waals surface area (Å²) >= 11 is 1.73. The van der Waals surface area contributed by atoms with Crippen molar-refractivity contribution in [1.29, 1.82) is 0 Å². The minimum absolute atomic E-state index is 0.